The predicted octanol–water partition coefficient (Wildman–Crippen LogP) is 2.78. The van der Waals surface area contributed by atoms with Gasteiger partial charge >= 0.3 is 0 Å². The van der Waals surface area contributed by atoms with Crippen LogP contribution in [0.2, 0.25) is 0 Å². The van der Waals surface area contributed by atoms with Crippen LogP contribution in [0.5, 0.6) is 0 Å². The van der Waals surface area contributed by atoms with E-state index in [0.717, 1.165) is 24.1 Å². The molecule has 4 heteroatoms. The van der Waals surface area contributed by atoms with Crippen molar-refractivity contribution in [1.29, 1.82) is 0 Å². The van der Waals surface area contributed by atoms with Gasteiger partial charge in [-0.25, -0.2) is 4.98 Å². The molecule has 0 aliphatic rings. The zero-order valence-corrected chi connectivity index (χ0v) is 14.3. The Morgan fingerprint density at radius 3 is 2.60 bits per heavy atom. The molecule has 0 fully saturated rings. The molecule has 0 aliphatic carbocycles. The van der Waals surface area contributed by atoms with Gasteiger partial charge in [-0.3, -0.25) is 0 Å². The van der Waals surface area contributed by atoms with Gasteiger partial charge < -0.3 is 10.3 Å². The van der Waals surface area contributed by atoms with Crippen molar-refractivity contribution in [2.45, 2.75) is 13.1 Å². The summed E-state index contributed by atoms with van der Waals surface area (Å²) in [6.07, 6.45) is 3.79. The molecule has 0 spiro atoms. The SMILES string of the molecule is Bc1ccccc1CNCc1ccc(-c2ccnc3[nH]ccc23)cc1. The summed E-state index contributed by atoms with van der Waals surface area (Å²) in [7, 11) is 2.16. The van der Waals surface area contributed by atoms with E-state index in [-0.39, 0.29) is 0 Å². The summed E-state index contributed by atoms with van der Waals surface area (Å²) in [6, 6.07) is 21.4. The molecule has 0 saturated carbocycles. The summed E-state index contributed by atoms with van der Waals surface area (Å²) in [6.45, 7) is 1.76. The topological polar surface area (TPSA) is 40.7 Å². The van der Waals surface area contributed by atoms with Crippen LogP contribution in [0.15, 0.2) is 73.1 Å². The number of hydrogen-bond acceptors (Lipinski definition) is 2. The number of rotatable bonds is 5. The molecule has 2 heterocycles. The van der Waals surface area contributed by atoms with Gasteiger partial charge in [0.25, 0.3) is 0 Å². The highest BCUT2D eigenvalue weighted by Gasteiger charge is 2.05. The van der Waals surface area contributed by atoms with Gasteiger partial charge in [-0.05, 0) is 34.4 Å². The first-order valence-electron chi connectivity index (χ1n) is 8.58. The third-order valence-corrected chi connectivity index (χ3v) is 4.63. The van der Waals surface area contributed by atoms with Crippen LogP contribution in [0.25, 0.3) is 22.2 Å². The van der Waals surface area contributed by atoms with E-state index in [2.05, 4.69) is 83.8 Å². The number of aromatic nitrogens is 2. The normalized spacial score (nSPS) is 11.0. The third kappa shape index (κ3) is 3.35. The van der Waals surface area contributed by atoms with Crippen LogP contribution in [0, 0.1) is 0 Å². The molecular formula is C21H20BN3. The van der Waals surface area contributed by atoms with Crippen LogP contribution >= 0.6 is 0 Å². The van der Waals surface area contributed by atoms with Crippen molar-refractivity contribution in [2.24, 2.45) is 0 Å². The summed E-state index contributed by atoms with van der Waals surface area (Å²) in [4.78, 5) is 7.52. The zero-order chi connectivity index (χ0) is 17.1. The number of nitrogens with zero attached hydrogens (tertiary/aromatic N) is 1. The molecule has 2 aromatic heterocycles. The number of fused-ring (bicyclic) bond motifs is 1. The van der Waals surface area contributed by atoms with Crippen LogP contribution in [-0.2, 0) is 13.1 Å². The minimum Gasteiger partial charge on any atom is -0.346 e. The van der Waals surface area contributed by atoms with Crippen LogP contribution < -0.4 is 10.8 Å². The van der Waals surface area contributed by atoms with Gasteiger partial charge in [0.1, 0.15) is 13.5 Å². The van der Waals surface area contributed by atoms with Crippen molar-refractivity contribution in [3.8, 4) is 11.1 Å². The van der Waals surface area contributed by atoms with Gasteiger partial charge in [0, 0.05) is 30.9 Å². The van der Waals surface area contributed by atoms with Gasteiger partial charge in [-0.2, -0.15) is 0 Å². The summed E-state index contributed by atoms with van der Waals surface area (Å²) in [5.74, 6) is 0. The van der Waals surface area contributed by atoms with Crippen LogP contribution in [0.4, 0.5) is 0 Å². The quantitative estimate of drug-likeness (QED) is 0.554. The second-order valence-electron chi connectivity index (χ2n) is 6.33. The maximum atomic E-state index is 4.36. The monoisotopic (exact) mass is 325 g/mol. The molecule has 0 saturated heterocycles. The predicted molar refractivity (Wildman–Crippen MR) is 107 cm³/mol. The number of benzene rings is 2. The van der Waals surface area contributed by atoms with Crippen molar-refractivity contribution in [3.63, 3.8) is 0 Å². The smallest absolute Gasteiger partial charge is 0.139 e. The Balaban J connectivity index is 1.45. The molecule has 0 aliphatic heterocycles. The summed E-state index contributed by atoms with van der Waals surface area (Å²) in [5.41, 5.74) is 7.34. The first-order valence-corrected chi connectivity index (χ1v) is 8.58. The molecule has 2 aromatic carbocycles. The molecule has 3 nitrogen and oxygen atoms in total. The van der Waals surface area contributed by atoms with E-state index in [9.17, 15) is 0 Å². The van der Waals surface area contributed by atoms with E-state index in [1.54, 1.807) is 0 Å². The fraction of sp³-hybridized carbons (Fsp3) is 0.0952. The van der Waals surface area contributed by atoms with Crippen LogP contribution in [0.3, 0.4) is 0 Å². The van der Waals surface area contributed by atoms with Crippen molar-refractivity contribution in [3.05, 3.63) is 84.2 Å². The lowest BCUT2D eigenvalue weighted by atomic mass is 9.91. The standard InChI is InChI=1S/C21H20BN3/c22-20-4-2-1-3-17(20)14-23-13-15-5-7-16(8-6-15)18-9-11-24-21-19(18)10-12-25-21/h1-12,23H,13-14,22H2,(H,24,25). The number of nitrogens with one attached hydrogen (secondary N) is 2. The Bertz CT molecular complexity index is 989. The van der Waals surface area contributed by atoms with Gasteiger partial charge in [0.05, 0.1) is 0 Å². The van der Waals surface area contributed by atoms with Crippen LogP contribution in [0.1, 0.15) is 11.1 Å². The summed E-state index contributed by atoms with van der Waals surface area (Å²) in [5, 5.41) is 4.69. The molecule has 2 N–H and O–H groups in total. The lowest BCUT2D eigenvalue weighted by molar-refractivity contribution is 0.696. The summed E-state index contributed by atoms with van der Waals surface area (Å²) < 4.78 is 0. The van der Waals surface area contributed by atoms with E-state index in [4.69, 9.17) is 0 Å². The van der Waals surface area contributed by atoms with E-state index in [0.29, 0.717) is 0 Å². The molecule has 0 unspecified atom stereocenters. The highest BCUT2D eigenvalue weighted by molar-refractivity contribution is 6.33. The van der Waals surface area contributed by atoms with Crippen molar-refractivity contribution in [1.82, 2.24) is 15.3 Å². The lowest BCUT2D eigenvalue weighted by Gasteiger charge is -2.09. The molecular weight excluding hydrogens is 305 g/mol. The van der Waals surface area contributed by atoms with E-state index in [1.165, 1.54) is 27.7 Å². The third-order valence-electron chi connectivity index (χ3n) is 4.63. The molecule has 4 aromatic rings. The first-order chi connectivity index (χ1) is 12.3. The zero-order valence-electron chi connectivity index (χ0n) is 14.3. The van der Waals surface area contributed by atoms with Gasteiger partial charge in [0.15, 0.2) is 0 Å². The van der Waals surface area contributed by atoms with E-state index < -0.39 is 0 Å². The van der Waals surface area contributed by atoms with Gasteiger partial charge in [-0.1, -0.05) is 54.0 Å². The average molecular weight is 325 g/mol. The maximum Gasteiger partial charge on any atom is 0.139 e. The largest absolute Gasteiger partial charge is 0.346 e. The molecule has 0 radical (unpaired) electrons. The molecule has 122 valence electrons. The van der Waals surface area contributed by atoms with Crippen molar-refractivity contribution < 1.29 is 0 Å². The second-order valence-corrected chi connectivity index (χ2v) is 6.33. The highest BCUT2D eigenvalue weighted by Crippen LogP contribution is 2.27. The second kappa shape index (κ2) is 6.95. The Morgan fingerprint density at radius 2 is 1.76 bits per heavy atom. The van der Waals surface area contributed by atoms with E-state index in [1.807, 2.05) is 12.4 Å². The van der Waals surface area contributed by atoms with Crippen LogP contribution in [-0.4, -0.2) is 17.8 Å². The van der Waals surface area contributed by atoms with Crippen molar-refractivity contribution >= 4 is 24.3 Å². The summed E-state index contributed by atoms with van der Waals surface area (Å²) >= 11 is 0. The fourth-order valence-electron chi connectivity index (χ4n) is 3.16. The number of aromatic amines is 1. The van der Waals surface area contributed by atoms with Gasteiger partial charge in [0.2, 0.25) is 0 Å². The molecule has 4 rings (SSSR count). The Kier molecular flexibility index (Phi) is 4.36. The molecule has 0 bridgehead atoms. The highest BCUT2D eigenvalue weighted by atomic mass is 14.8. The Morgan fingerprint density at radius 1 is 0.920 bits per heavy atom. The molecule has 0 atom stereocenters. The van der Waals surface area contributed by atoms with Gasteiger partial charge in [-0.15, -0.1) is 0 Å². The van der Waals surface area contributed by atoms with Crippen molar-refractivity contribution in [2.75, 3.05) is 0 Å². The first kappa shape index (κ1) is 15.7. The number of hydrogen-bond donors (Lipinski definition) is 2. The molecule has 0 amide bonds. The Labute approximate surface area is 148 Å². The van der Waals surface area contributed by atoms with E-state index >= 15 is 0 Å². The number of H-pyrrole nitrogens is 1. The average Bonchev–Trinajstić information content (AvgIpc) is 3.13. The Hall–Kier alpha value is -2.85. The maximum absolute atomic E-state index is 4.36. The minimum atomic E-state index is 0.866. The number of pyridine rings is 1. The lowest BCUT2D eigenvalue weighted by Crippen LogP contribution is -2.19. The minimum absolute atomic E-state index is 0.866. The fourth-order valence-corrected chi connectivity index (χ4v) is 3.16. The molecule has 25 heavy (non-hydrogen) atoms.